The van der Waals surface area contributed by atoms with E-state index in [2.05, 4.69) is 5.32 Å². The first-order chi connectivity index (χ1) is 7.02. The summed E-state index contributed by atoms with van der Waals surface area (Å²) < 4.78 is 0. The lowest BCUT2D eigenvalue weighted by Crippen LogP contribution is -2.45. The molecule has 0 bridgehead atoms. The van der Waals surface area contributed by atoms with Crippen molar-refractivity contribution in [2.24, 2.45) is 5.92 Å². The number of hydrogen-bond acceptors (Lipinski definition) is 3. The smallest absolute Gasteiger partial charge is 0.415 e. The third-order valence-electron chi connectivity index (χ3n) is 1.99. The molecule has 1 atom stereocenters. The van der Waals surface area contributed by atoms with Crippen LogP contribution in [0.1, 0.15) is 20.3 Å². The van der Waals surface area contributed by atoms with E-state index in [1.165, 1.54) is 0 Å². The lowest BCUT2D eigenvalue weighted by molar-refractivity contribution is 0.142. The van der Waals surface area contributed by atoms with Gasteiger partial charge in [0.05, 0.1) is 6.07 Å². The zero-order chi connectivity index (χ0) is 11.8. The third-order valence-corrected chi connectivity index (χ3v) is 1.99. The molecule has 2 N–H and O–H groups in total. The fourth-order valence-corrected chi connectivity index (χ4v) is 0.899. The third kappa shape index (κ3) is 4.86. The summed E-state index contributed by atoms with van der Waals surface area (Å²) in [5.74, 6) is 0.105. The lowest BCUT2D eigenvalue weighted by atomic mass is 10.1. The van der Waals surface area contributed by atoms with E-state index in [9.17, 15) is 9.59 Å². The fourth-order valence-electron chi connectivity index (χ4n) is 0.899. The molecule has 0 heterocycles. The minimum Gasteiger partial charge on any atom is -0.465 e. The Bertz CT molecular complexity index is 272. The van der Waals surface area contributed by atoms with Crippen LogP contribution in [-0.2, 0) is 0 Å². The van der Waals surface area contributed by atoms with E-state index >= 15 is 0 Å². The van der Waals surface area contributed by atoms with Gasteiger partial charge in [0.25, 0.3) is 0 Å². The quantitative estimate of drug-likeness (QED) is 0.687. The van der Waals surface area contributed by atoms with E-state index in [4.69, 9.17) is 10.4 Å². The molecule has 6 nitrogen and oxygen atoms in total. The van der Waals surface area contributed by atoms with Gasteiger partial charge in [-0.05, 0) is 5.92 Å². The molecule has 0 saturated carbocycles. The molecule has 0 unspecified atom stereocenters. The molecule has 0 aromatic rings. The molecule has 84 valence electrons. The molecule has 0 aromatic carbocycles. The summed E-state index contributed by atoms with van der Waals surface area (Å²) in [5, 5.41) is 19.2. The second-order valence-corrected chi connectivity index (χ2v) is 3.22. The Balaban J connectivity index is 4.33. The maximum Gasteiger partial charge on any atom is 0.415 e. The largest absolute Gasteiger partial charge is 0.465 e. The van der Waals surface area contributed by atoms with Crippen LogP contribution in [0.5, 0.6) is 0 Å². The van der Waals surface area contributed by atoms with E-state index < -0.39 is 12.1 Å². The topological polar surface area (TPSA) is 93.4 Å². The van der Waals surface area contributed by atoms with Crippen molar-refractivity contribution >= 4 is 12.1 Å². The van der Waals surface area contributed by atoms with Gasteiger partial charge in [-0.1, -0.05) is 20.3 Å². The predicted molar refractivity (Wildman–Crippen MR) is 53.2 cm³/mol. The summed E-state index contributed by atoms with van der Waals surface area (Å²) in [5.41, 5.74) is 0. The fraction of sp³-hybridized carbons (Fsp3) is 0.667. The monoisotopic (exact) mass is 213 g/mol. The van der Waals surface area contributed by atoms with Gasteiger partial charge in [0, 0.05) is 6.54 Å². The number of carbonyl (C=O) groups is 2. The van der Waals surface area contributed by atoms with Gasteiger partial charge in [0.2, 0.25) is 0 Å². The van der Waals surface area contributed by atoms with Crippen molar-refractivity contribution in [1.82, 2.24) is 10.2 Å². The first-order valence-electron chi connectivity index (χ1n) is 4.68. The van der Waals surface area contributed by atoms with Gasteiger partial charge >= 0.3 is 12.1 Å². The minimum absolute atomic E-state index is 0.105. The first-order valence-corrected chi connectivity index (χ1v) is 4.68. The predicted octanol–water partition coefficient (Wildman–Crippen LogP) is 1.25. The highest BCUT2D eigenvalue weighted by molar-refractivity contribution is 5.90. The summed E-state index contributed by atoms with van der Waals surface area (Å²) in [7, 11) is 0. The first kappa shape index (κ1) is 13.2. The van der Waals surface area contributed by atoms with E-state index in [0.29, 0.717) is 4.90 Å². The molecule has 0 aliphatic rings. The highest BCUT2D eigenvalue weighted by atomic mass is 16.4. The van der Waals surface area contributed by atoms with Crippen molar-refractivity contribution in [3.05, 3.63) is 0 Å². The Morgan fingerprint density at radius 1 is 1.60 bits per heavy atom. The molecule has 3 amide bonds. The van der Waals surface area contributed by atoms with E-state index in [1.54, 1.807) is 6.07 Å². The van der Waals surface area contributed by atoms with Crippen LogP contribution < -0.4 is 5.32 Å². The number of rotatable bonds is 4. The highest BCUT2D eigenvalue weighted by Crippen LogP contribution is 2.04. The van der Waals surface area contributed by atoms with Gasteiger partial charge in [-0.15, -0.1) is 0 Å². The molecule has 0 aliphatic carbocycles. The van der Waals surface area contributed by atoms with Crippen molar-refractivity contribution in [3.8, 4) is 6.07 Å². The number of imide groups is 1. The number of nitriles is 1. The van der Waals surface area contributed by atoms with Crippen molar-refractivity contribution in [1.29, 1.82) is 5.26 Å². The zero-order valence-electron chi connectivity index (χ0n) is 8.86. The van der Waals surface area contributed by atoms with Gasteiger partial charge < -0.3 is 10.4 Å². The summed E-state index contributed by atoms with van der Waals surface area (Å²) in [6.07, 6.45) is -0.513. The van der Waals surface area contributed by atoms with Gasteiger partial charge in [0.1, 0.15) is 6.54 Å². The summed E-state index contributed by atoms with van der Waals surface area (Å²) >= 11 is 0. The van der Waals surface area contributed by atoms with Crippen molar-refractivity contribution < 1.29 is 14.7 Å². The van der Waals surface area contributed by atoms with E-state index in [0.717, 1.165) is 6.42 Å². The minimum atomic E-state index is -1.30. The Morgan fingerprint density at radius 2 is 2.20 bits per heavy atom. The average Bonchev–Trinajstić information content (AvgIpc) is 2.21. The molecule has 6 heteroatoms. The summed E-state index contributed by atoms with van der Waals surface area (Å²) in [6.45, 7) is 3.72. The average molecular weight is 213 g/mol. The molecule has 0 radical (unpaired) electrons. The van der Waals surface area contributed by atoms with Crippen LogP contribution in [0.3, 0.4) is 0 Å². The number of amides is 3. The zero-order valence-corrected chi connectivity index (χ0v) is 8.86. The molecule has 0 rings (SSSR count). The Labute approximate surface area is 88.5 Å². The number of carbonyl (C=O) groups excluding carboxylic acids is 1. The second-order valence-electron chi connectivity index (χ2n) is 3.22. The molecule has 15 heavy (non-hydrogen) atoms. The maximum atomic E-state index is 11.3. The van der Waals surface area contributed by atoms with Gasteiger partial charge in [-0.25, -0.2) is 14.5 Å². The molecule has 0 saturated heterocycles. The normalized spacial score (nSPS) is 11.3. The molecule has 0 spiro atoms. The van der Waals surface area contributed by atoms with E-state index in [-0.39, 0.29) is 19.0 Å². The molecule has 0 fully saturated rings. The molecular formula is C9H15N3O3. The summed E-state index contributed by atoms with van der Waals surface area (Å²) in [6, 6.07) is 0.962. The number of nitrogens with zero attached hydrogens (tertiary/aromatic N) is 2. The lowest BCUT2D eigenvalue weighted by Gasteiger charge is -2.20. The van der Waals surface area contributed by atoms with E-state index in [1.807, 2.05) is 13.8 Å². The molecule has 0 aromatic heterocycles. The van der Waals surface area contributed by atoms with Crippen LogP contribution in [0.2, 0.25) is 0 Å². The van der Waals surface area contributed by atoms with Gasteiger partial charge in [-0.2, -0.15) is 5.26 Å². The van der Waals surface area contributed by atoms with Crippen molar-refractivity contribution in [3.63, 3.8) is 0 Å². The maximum absolute atomic E-state index is 11.3. The Morgan fingerprint density at radius 3 is 2.60 bits per heavy atom. The number of nitrogens with one attached hydrogen (secondary N) is 1. The SMILES string of the molecule is CC[C@H](C)CN(C(=O)O)C(=O)NCC#N. The molecule has 0 aliphatic heterocycles. The van der Waals surface area contributed by atoms with Crippen LogP contribution in [0, 0.1) is 17.2 Å². The number of carboxylic acid groups (broad SMARTS) is 1. The highest BCUT2D eigenvalue weighted by Gasteiger charge is 2.21. The number of hydrogen-bond donors (Lipinski definition) is 2. The number of urea groups is 1. The van der Waals surface area contributed by atoms with Crippen molar-refractivity contribution in [2.75, 3.05) is 13.1 Å². The molecular weight excluding hydrogens is 198 g/mol. The summed E-state index contributed by atoms with van der Waals surface area (Å²) in [4.78, 5) is 22.7. The second kappa shape index (κ2) is 6.65. The van der Waals surface area contributed by atoms with Gasteiger partial charge in [-0.3, -0.25) is 0 Å². The van der Waals surface area contributed by atoms with Crippen LogP contribution >= 0.6 is 0 Å². The Hall–Kier alpha value is -1.77. The van der Waals surface area contributed by atoms with Crippen molar-refractivity contribution in [2.45, 2.75) is 20.3 Å². The van der Waals surface area contributed by atoms with Crippen LogP contribution in [0.25, 0.3) is 0 Å². The van der Waals surface area contributed by atoms with Crippen LogP contribution in [0.15, 0.2) is 0 Å². The van der Waals surface area contributed by atoms with Gasteiger partial charge in [0.15, 0.2) is 0 Å². The van der Waals surface area contributed by atoms with Crippen LogP contribution in [0.4, 0.5) is 9.59 Å². The van der Waals surface area contributed by atoms with Crippen LogP contribution in [-0.4, -0.2) is 35.2 Å². The standard InChI is InChI=1S/C9H15N3O3/c1-3-7(2)6-12(9(14)15)8(13)11-5-4-10/h7H,3,5-6H2,1-2H3,(H,11,13)(H,14,15)/t7-/m0/s1. The Kier molecular flexibility index (Phi) is 5.86.